The second kappa shape index (κ2) is 8.96. The highest BCUT2D eigenvalue weighted by molar-refractivity contribution is 7.16. The summed E-state index contributed by atoms with van der Waals surface area (Å²) in [4.78, 5) is 25.8. The van der Waals surface area contributed by atoms with E-state index >= 15 is 0 Å². The van der Waals surface area contributed by atoms with Gasteiger partial charge in [0, 0.05) is 16.4 Å². The van der Waals surface area contributed by atoms with E-state index < -0.39 is 23.5 Å². The minimum atomic E-state index is -1.12. The predicted molar refractivity (Wildman–Crippen MR) is 109 cm³/mol. The van der Waals surface area contributed by atoms with Gasteiger partial charge in [0.1, 0.15) is 5.00 Å². The number of carbonyl (C=O) groups excluding carboxylic acids is 2. The second-order valence-electron chi connectivity index (χ2n) is 6.33. The average Bonchev–Trinajstić information content (AvgIpc) is 3.14. The summed E-state index contributed by atoms with van der Waals surface area (Å²) in [5, 5.41) is 2.93. The summed E-state index contributed by atoms with van der Waals surface area (Å²) >= 11 is 1.25. The number of benzene rings is 2. The van der Waals surface area contributed by atoms with Gasteiger partial charge in [-0.3, -0.25) is 4.79 Å². The van der Waals surface area contributed by atoms with Crippen molar-refractivity contribution in [1.82, 2.24) is 0 Å². The molecule has 3 aromatic rings. The van der Waals surface area contributed by atoms with Crippen LogP contribution in [-0.2, 0) is 4.74 Å². The molecule has 7 heteroatoms. The average molecular weight is 415 g/mol. The van der Waals surface area contributed by atoms with Crippen LogP contribution in [0.5, 0.6) is 0 Å². The van der Waals surface area contributed by atoms with E-state index in [4.69, 9.17) is 4.74 Å². The molecule has 4 nitrogen and oxygen atoms in total. The Bertz CT molecular complexity index is 1030. The Hall–Kier alpha value is -3.06. The van der Waals surface area contributed by atoms with Gasteiger partial charge in [0.15, 0.2) is 11.6 Å². The first-order chi connectivity index (χ1) is 13.9. The van der Waals surface area contributed by atoms with Crippen molar-refractivity contribution >= 4 is 28.2 Å². The van der Waals surface area contributed by atoms with E-state index in [1.54, 1.807) is 13.0 Å². The van der Waals surface area contributed by atoms with Crippen LogP contribution in [0.15, 0.2) is 54.6 Å². The number of nitrogens with one attached hydrogen (secondary N) is 1. The van der Waals surface area contributed by atoms with E-state index in [-0.39, 0.29) is 23.7 Å². The summed E-state index contributed by atoms with van der Waals surface area (Å²) in [7, 11) is 0. The highest BCUT2D eigenvalue weighted by atomic mass is 32.1. The molecule has 1 heterocycles. The van der Waals surface area contributed by atoms with Crippen LogP contribution in [0.1, 0.15) is 50.9 Å². The predicted octanol–water partition coefficient (Wildman–Crippen LogP) is 5.61. The van der Waals surface area contributed by atoms with E-state index in [0.29, 0.717) is 5.00 Å². The van der Waals surface area contributed by atoms with Gasteiger partial charge in [-0.2, -0.15) is 0 Å². The molecule has 1 atom stereocenters. The molecule has 150 valence electrons. The van der Waals surface area contributed by atoms with Gasteiger partial charge in [0.2, 0.25) is 0 Å². The van der Waals surface area contributed by atoms with Crippen LogP contribution in [0.2, 0.25) is 0 Å². The smallest absolute Gasteiger partial charge is 0.341 e. The molecule has 0 saturated carbocycles. The maximum atomic E-state index is 13.5. The van der Waals surface area contributed by atoms with Crippen LogP contribution < -0.4 is 5.32 Å². The number of hydrogen-bond donors (Lipinski definition) is 1. The topological polar surface area (TPSA) is 55.4 Å². The lowest BCUT2D eigenvalue weighted by molar-refractivity contribution is 0.0528. The van der Waals surface area contributed by atoms with Crippen molar-refractivity contribution in [2.75, 3.05) is 11.9 Å². The first kappa shape index (κ1) is 20.7. The van der Waals surface area contributed by atoms with Crippen molar-refractivity contribution in [2.24, 2.45) is 0 Å². The highest BCUT2D eigenvalue weighted by Gasteiger charge is 2.22. The van der Waals surface area contributed by atoms with Crippen LogP contribution in [-0.4, -0.2) is 18.5 Å². The number of ether oxygens (including phenoxy) is 1. The number of anilines is 1. The zero-order valence-electron chi connectivity index (χ0n) is 15.9. The van der Waals surface area contributed by atoms with Crippen molar-refractivity contribution in [1.29, 1.82) is 0 Å². The molecule has 1 amide bonds. The normalized spacial score (nSPS) is 11.7. The maximum Gasteiger partial charge on any atom is 0.341 e. The van der Waals surface area contributed by atoms with Gasteiger partial charge in [-0.15, -0.1) is 11.3 Å². The lowest BCUT2D eigenvalue weighted by atomic mass is 9.99. The molecule has 0 aliphatic rings. The summed E-state index contributed by atoms with van der Waals surface area (Å²) in [5.74, 6) is -3.37. The quantitative estimate of drug-likeness (QED) is 0.533. The third-order valence-corrected chi connectivity index (χ3v) is 5.61. The van der Waals surface area contributed by atoms with Crippen molar-refractivity contribution in [2.45, 2.75) is 19.8 Å². The summed E-state index contributed by atoms with van der Waals surface area (Å²) in [6.45, 7) is 3.88. The van der Waals surface area contributed by atoms with Crippen LogP contribution >= 0.6 is 11.3 Å². The number of thiophene rings is 1. The first-order valence-corrected chi connectivity index (χ1v) is 9.84. The molecule has 0 aliphatic heterocycles. The van der Waals surface area contributed by atoms with E-state index in [1.165, 1.54) is 17.4 Å². The van der Waals surface area contributed by atoms with Crippen LogP contribution in [0, 0.1) is 11.6 Å². The summed E-state index contributed by atoms with van der Waals surface area (Å²) in [6.07, 6.45) is 0. The second-order valence-corrected chi connectivity index (χ2v) is 7.41. The molecular formula is C22H19F2NO3S. The third kappa shape index (κ3) is 4.68. The molecule has 1 aromatic heterocycles. The molecule has 3 rings (SSSR count). The Morgan fingerprint density at radius 2 is 1.79 bits per heavy atom. The van der Waals surface area contributed by atoms with Gasteiger partial charge in [-0.05, 0) is 36.8 Å². The molecule has 1 N–H and O–H groups in total. The van der Waals surface area contributed by atoms with Crippen LogP contribution in [0.3, 0.4) is 0 Å². The van der Waals surface area contributed by atoms with E-state index in [0.717, 1.165) is 22.6 Å². The number of hydrogen-bond acceptors (Lipinski definition) is 4. The molecule has 0 unspecified atom stereocenters. The lowest BCUT2D eigenvalue weighted by Crippen LogP contribution is -2.14. The SMILES string of the molecule is CCOC(=O)c1cc([C@@H](C)c2ccccc2)sc1NC(=O)c1ccc(F)c(F)c1. The van der Waals surface area contributed by atoms with Gasteiger partial charge in [0.25, 0.3) is 5.91 Å². The molecule has 0 aliphatic carbocycles. The minimum absolute atomic E-state index is 0.0108. The van der Waals surface area contributed by atoms with Crippen LogP contribution in [0.4, 0.5) is 13.8 Å². The lowest BCUT2D eigenvalue weighted by Gasteiger charge is -2.09. The fourth-order valence-corrected chi connectivity index (χ4v) is 3.92. The fourth-order valence-electron chi connectivity index (χ4n) is 2.80. The molecule has 0 radical (unpaired) electrons. The Kier molecular flexibility index (Phi) is 6.39. The fraction of sp³-hybridized carbons (Fsp3) is 0.182. The van der Waals surface area contributed by atoms with Gasteiger partial charge in [0.05, 0.1) is 12.2 Å². The van der Waals surface area contributed by atoms with E-state index in [9.17, 15) is 18.4 Å². The molecule has 2 aromatic carbocycles. The Labute approximate surface area is 171 Å². The molecule has 0 saturated heterocycles. The maximum absolute atomic E-state index is 13.5. The monoisotopic (exact) mass is 415 g/mol. The summed E-state index contributed by atoms with van der Waals surface area (Å²) < 4.78 is 31.7. The van der Waals surface area contributed by atoms with Gasteiger partial charge in [-0.1, -0.05) is 37.3 Å². The first-order valence-electron chi connectivity index (χ1n) is 9.03. The molecular weight excluding hydrogens is 396 g/mol. The van der Waals surface area contributed by atoms with Gasteiger partial charge in [-0.25, -0.2) is 13.6 Å². The highest BCUT2D eigenvalue weighted by Crippen LogP contribution is 2.36. The number of carbonyl (C=O) groups is 2. The van der Waals surface area contributed by atoms with Crippen molar-refractivity contribution in [3.63, 3.8) is 0 Å². The zero-order valence-corrected chi connectivity index (χ0v) is 16.7. The van der Waals surface area contributed by atoms with E-state index in [1.807, 2.05) is 37.3 Å². The Balaban J connectivity index is 1.93. The van der Waals surface area contributed by atoms with Gasteiger partial charge < -0.3 is 10.1 Å². The van der Waals surface area contributed by atoms with Crippen molar-refractivity contribution in [3.05, 3.63) is 87.8 Å². The van der Waals surface area contributed by atoms with Crippen LogP contribution in [0.25, 0.3) is 0 Å². The van der Waals surface area contributed by atoms with Crippen molar-refractivity contribution < 1.29 is 23.1 Å². The number of halogens is 2. The van der Waals surface area contributed by atoms with Gasteiger partial charge >= 0.3 is 5.97 Å². The van der Waals surface area contributed by atoms with Crippen molar-refractivity contribution in [3.8, 4) is 0 Å². The molecule has 0 bridgehead atoms. The Morgan fingerprint density at radius 1 is 1.07 bits per heavy atom. The number of amides is 1. The Morgan fingerprint density at radius 3 is 2.45 bits per heavy atom. The molecule has 0 spiro atoms. The van der Waals surface area contributed by atoms with E-state index in [2.05, 4.69) is 5.32 Å². The number of esters is 1. The summed E-state index contributed by atoms with van der Waals surface area (Å²) in [5.41, 5.74) is 1.23. The molecule has 0 fully saturated rings. The third-order valence-electron chi connectivity index (χ3n) is 4.38. The zero-order chi connectivity index (χ0) is 21.0. The largest absolute Gasteiger partial charge is 0.462 e. The molecule has 29 heavy (non-hydrogen) atoms. The summed E-state index contributed by atoms with van der Waals surface area (Å²) in [6, 6.07) is 14.3. The number of rotatable bonds is 6. The standard InChI is InChI=1S/C22H19F2NO3S/c1-3-28-22(27)16-12-19(13(2)14-7-5-4-6-8-14)29-21(16)25-20(26)15-9-10-17(23)18(24)11-15/h4-13H,3H2,1-2H3,(H,25,26)/t13-/m0/s1. The minimum Gasteiger partial charge on any atom is -0.462 e.